The maximum Gasteiger partial charge on any atom is 0.221 e. The quantitative estimate of drug-likeness (QED) is 0.814. The van der Waals surface area contributed by atoms with Crippen LogP contribution in [0.1, 0.15) is 41.8 Å². The number of carbonyl (C=O) groups is 2. The van der Waals surface area contributed by atoms with Crippen molar-refractivity contribution in [2.75, 3.05) is 5.32 Å². The molecule has 0 saturated heterocycles. The van der Waals surface area contributed by atoms with Gasteiger partial charge in [0.25, 0.3) is 0 Å². The van der Waals surface area contributed by atoms with E-state index in [1.165, 1.54) is 13.0 Å². The van der Waals surface area contributed by atoms with Gasteiger partial charge in [0.2, 0.25) is 5.91 Å². The maximum atomic E-state index is 13.8. The average molecular weight is 264 g/mol. The van der Waals surface area contributed by atoms with Gasteiger partial charge in [-0.25, -0.2) is 4.39 Å². The molecule has 0 fully saturated rings. The van der Waals surface area contributed by atoms with E-state index in [2.05, 4.69) is 5.32 Å². The van der Waals surface area contributed by atoms with Crippen molar-refractivity contribution in [3.8, 4) is 0 Å². The zero-order chi connectivity index (χ0) is 14.4. The van der Waals surface area contributed by atoms with E-state index >= 15 is 0 Å². The third-order valence-electron chi connectivity index (χ3n) is 3.60. The van der Waals surface area contributed by atoms with Crippen molar-refractivity contribution >= 4 is 17.4 Å². The zero-order valence-electron chi connectivity index (χ0n) is 11.3. The minimum atomic E-state index is -0.968. The van der Waals surface area contributed by atoms with Crippen molar-refractivity contribution in [3.05, 3.63) is 28.6 Å². The minimum absolute atomic E-state index is 0.215. The first kappa shape index (κ1) is 13.7. The molecule has 0 spiro atoms. The molecule has 1 atom stereocenters. The average Bonchev–Trinajstić information content (AvgIpc) is 2.28. The second kappa shape index (κ2) is 4.42. The largest absolute Gasteiger partial charge is 0.326 e. The minimum Gasteiger partial charge on any atom is -0.326 e. The highest BCUT2D eigenvalue weighted by Crippen LogP contribution is 2.35. The molecule has 0 heterocycles. The summed E-state index contributed by atoms with van der Waals surface area (Å²) in [5.41, 5.74) is 6.67. The van der Waals surface area contributed by atoms with Crippen molar-refractivity contribution in [2.24, 2.45) is 5.73 Å². The SMILES string of the molecule is CC(=O)Nc1cc(F)c(C)c2c1C(=O)C(C)(N)CC2. The Balaban J connectivity index is 2.68. The van der Waals surface area contributed by atoms with Crippen molar-refractivity contribution in [1.82, 2.24) is 0 Å². The number of rotatable bonds is 1. The molecule has 102 valence electrons. The molecular formula is C14H17FN2O2. The highest BCUT2D eigenvalue weighted by Gasteiger charge is 2.38. The molecule has 0 saturated carbocycles. The number of benzene rings is 1. The number of nitrogens with one attached hydrogen (secondary N) is 1. The van der Waals surface area contributed by atoms with E-state index in [-0.39, 0.29) is 17.4 Å². The van der Waals surface area contributed by atoms with Crippen LogP contribution in [0.15, 0.2) is 6.07 Å². The van der Waals surface area contributed by atoms with Crippen LogP contribution in [0.5, 0.6) is 0 Å². The van der Waals surface area contributed by atoms with E-state index in [0.717, 1.165) is 0 Å². The fraction of sp³-hybridized carbons (Fsp3) is 0.429. The Morgan fingerprint density at radius 2 is 2.16 bits per heavy atom. The fourth-order valence-electron chi connectivity index (χ4n) is 2.45. The van der Waals surface area contributed by atoms with E-state index in [1.807, 2.05) is 0 Å². The third-order valence-corrected chi connectivity index (χ3v) is 3.60. The molecule has 1 aliphatic rings. The normalized spacial score (nSPS) is 22.1. The summed E-state index contributed by atoms with van der Waals surface area (Å²) in [5, 5.41) is 2.51. The van der Waals surface area contributed by atoms with Gasteiger partial charge < -0.3 is 11.1 Å². The number of ketones is 1. The van der Waals surface area contributed by atoms with Gasteiger partial charge in [0, 0.05) is 12.5 Å². The first-order valence-corrected chi connectivity index (χ1v) is 6.17. The molecule has 3 N–H and O–H groups in total. The van der Waals surface area contributed by atoms with E-state index < -0.39 is 11.4 Å². The van der Waals surface area contributed by atoms with Gasteiger partial charge in [-0.2, -0.15) is 0 Å². The van der Waals surface area contributed by atoms with E-state index in [0.29, 0.717) is 29.5 Å². The monoisotopic (exact) mass is 264 g/mol. The van der Waals surface area contributed by atoms with Crippen LogP contribution in [0.3, 0.4) is 0 Å². The molecule has 0 radical (unpaired) electrons. The van der Waals surface area contributed by atoms with Crippen molar-refractivity contribution in [3.63, 3.8) is 0 Å². The first-order chi connectivity index (χ1) is 8.74. The Bertz CT molecular complexity index is 579. The van der Waals surface area contributed by atoms with E-state index in [9.17, 15) is 14.0 Å². The van der Waals surface area contributed by atoms with E-state index in [1.54, 1.807) is 13.8 Å². The first-order valence-electron chi connectivity index (χ1n) is 6.17. The number of carbonyl (C=O) groups excluding carboxylic acids is 2. The van der Waals surface area contributed by atoms with Gasteiger partial charge >= 0.3 is 0 Å². The Morgan fingerprint density at radius 3 is 2.74 bits per heavy atom. The summed E-state index contributed by atoms with van der Waals surface area (Å²) < 4.78 is 13.8. The van der Waals surface area contributed by atoms with E-state index in [4.69, 9.17) is 5.73 Å². The summed E-state index contributed by atoms with van der Waals surface area (Å²) in [4.78, 5) is 23.6. The second-order valence-corrected chi connectivity index (χ2v) is 5.31. The summed E-state index contributed by atoms with van der Waals surface area (Å²) in [7, 11) is 0. The Labute approximate surface area is 111 Å². The highest BCUT2D eigenvalue weighted by molar-refractivity contribution is 6.11. The molecule has 1 amide bonds. The number of nitrogens with two attached hydrogens (primary N) is 1. The lowest BCUT2D eigenvalue weighted by Gasteiger charge is -2.32. The Kier molecular flexibility index (Phi) is 3.18. The van der Waals surface area contributed by atoms with Crippen molar-refractivity contribution in [2.45, 2.75) is 39.2 Å². The van der Waals surface area contributed by atoms with Crippen LogP contribution in [0.25, 0.3) is 0 Å². The second-order valence-electron chi connectivity index (χ2n) is 5.31. The predicted molar refractivity (Wildman–Crippen MR) is 70.7 cm³/mol. The summed E-state index contributed by atoms with van der Waals surface area (Å²) in [6.07, 6.45) is 1.01. The number of halogens is 1. The van der Waals surface area contributed by atoms with Crippen LogP contribution < -0.4 is 11.1 Å². The molecule has 0 bridgehead atoms. The molecular weight excluding hydrogens is 247 g/mol. The van der Waals surface area contributed by atoms with Crippen LogP contribution in [0.2, 0.25) is 0 Å². The van der Waals surface area contributed by atoms with Gasteiger partial charge in [0.1, 0.15) is 5.82 Å². The molecule has 2 rings (SSSR count). The molecule has 0 aliphatic heterocycles. The Hall–Kier alpha value is -1.75. The van der Waals surface area contributed by atoms with Crippen molar-refractivity contribution in [1.29, 1.82) is 0 Å². The lowest BCUT2D eigenvalue weighted by molar-refractivity contribution is -0.114. The van der Waals surface area contributed by atoms with Gasteiger partial charge in [-0.1, -0.05) is 0 Å². The number of amides is 1. The lowest BCUT2D eigenvalue weighted by Crippen LogP contribution is -2.48. The predicted octanol–water partition coefficient (Wildman–Crippen LogP) is 1.94. The molecule has 1 aromatic rings. The number of anilines is 1. The molecule has 1 aromatic carbocycles. The molecule has 0 aromatic heterocycles. The molecule has 1 aliphatic carbocycles. The number of Topliss-reactive ketones (excluding diaryl/α,β-unsaturated/α-hetero) is 1. The topological polar surface area (TPSA) is 72.2 Å². The van der Waals surface area contributed by atoms with Crippen LogP contribution >= 0.6 is 0 Å². The summed E-state index contributed by atoms with van der Waals surface area (Å²) in [6.45, 7) is 4.62. The fourth-order valence-corrected chi connectivity index (χ4v) is 2.45. The Morgan fingerprint density at radius 1 is 1.53 bits per heavy atom. The summed E-state index contributed by atoms with van der Waals surface area (Å²) >= 11 is 0. The van der Waals surface area contributed by atoms with Crippen LogP contribution in [-0.2, 0) is 11.2 Å². The molecule has 5 heteroatoms. The standard InChI is InChI=1S/C14H17FN2O2/c1-7-9-4-5-14(3,16)13(19)12(9)11(6-10(7)15)17-8(2)18/h6H,4-5,16H2,1-3H3,(H,17,18). The van der Waals surface area contributed by atoms with Gasteiger partial charge in [0.15, 0.2) is 5.78 Å². The van der Waals surface area contributed by atoms with Crippen molar-refractivity contribution < 1.29 is 14.0 Å². The maximum absolute atomic E-state index is 13.8. The molecule has 19 heavy (non-hydrogen) atoms. The highest BCUT2D eigenvalue weighted by atomic mass is 19.1. The number of fused-ring (bicyclic) bond motifs is 1. The molecule has 4 nitrogen and oxygen atoms in total. The summed E-state index contributed by atoms with van der Waals surface area (Å²) in [6, 6.07) is 1.19. The summed E-state index contributed by atoms with van der Waals surface area (Å²) in [5.74, 6) is -1.01. The van der Waals surface area contributed by atoms with Crippen LogP contribution in [-0.4, -0.2) is 17.2 Å². The van der Waals surface area contributed by atoms with Crippen LogP contribution in [0.4, 0.5) is 10.1 Å². The smallest absolute Gasteiger partial charge is 0.221 e. The van der Waals surface area contributed by atoms with Gasteiger partial charge in [-0.3, -0.25) is 9.59 Å². The van der Waals surface area contributed by atoms with Gasteiger partial charge in [-0.15, -0.1) is 0 Å². The zero-order valence-corrected chi connectivity index (χ0v) is 11.3. The number of hydrogen-bond donors (Lipinski definition) is 2. The van der Waals surface area contributed by atoms with Gasteiger partial charge in [0.05, 0.1) is 11.2 Å². The molecule has 1 unspecified atom stereocenters. The van der Waals surface area contributed by atoms with Crippen LogP contribution in [0, 0.1) is 12.7 Å². The van der Waals surface area contributed by atoms with Gasteiger partial charge in [-0.05, 0) is 43.9 Å². The number of hydrogen-bond acceptors (Lipinski definition) is 3. The third kappa shape index (κ3) is 2.26. The lowest BCUT2D eigenvalue weighted by atomic mass is 9.76.